The first-order valence-electron chi connectivity index (χ1n) is 7.24. The molecule has 0 aliphatic carbocycles. The van der Waals surface area contributed by atoms with Gasteiger partial charge in [0.05, 0.1) is 10.9 Å². The van der Waals surface area contributed by atoms with E-state index in [9.17, 15) is 12.8 Å². The third-order valence-electron chi connectivity index (χ3n) is 4.43. The van der Waals surface area contributed by atoms with E-state index >= 15 is 0 Å². The first-order valence-corrected chi connectivity index (χ1v) is 9.94. The highest BCUT2D eigenvalue weighted by Crippen LogP contribution is 2.40. The summed E-state index contributed by atoms with van der Waals surface area (Å²) in [6.07, 6.45) is 2.72. The summed E-state index contributed by atoms with van der Waals surface area (Å²) in [5.41, 5.74) is -0.313. The normalized spacial score (nSPS) is 25.9. The third-order valence-corrected chi connectivity index (χ3v) is 7.64. The van der Waals surface area contributed by atoms with Crippen LogP contribution in [-0.4, -0.2) is 37.4 Å². The van der Waals surface area contributed by atoms with E-state index in [-0.39, 0.29) is 10.5 Å². The van der Waals surface area contributed by atoms with Crippen molar-refractivity contribution in [2.45, 2.75) is 41.4 Å². The van der Waals surface area contributed by atoms with Gasteiger partial charge in [-0.15, -0.1) is 0 Å². The lowest BCUT2D eigenvalue weighted by atomic mass is 9.88. The Labute approximate surface area is 129 Å². The SMILES string of the molecule is O=S(=O)(c1ccccc1F)C1CCOC2(CCSCC2)C1. The van der Waals surface area contributed by atoms with Crippen LogP contribution in [0.2, 0.25) is 0 Å². The first kappa shape index (κ1) is 15.3. The molecule has 0 aromatic heterocycles. The summed E-state index contributed by atoms with van der Waals surface area (Å²) in [6.45, 7) is 0.447. The number of halogens is 1. The lowest BCUT2D eigenvalue weighted by Gasteiger charge is -2.43. The van der Waals surface area contributed by atoms with Crippen LogP contribution >= 0.6 is 11.8 Å². The lowest BCUT2D eigenvalue weighted by Crippen LogP contribution is -2.46. The van der Waals surface area contributed by atoms with Crippen LogP contribution in [0.5, 0.6) is 0 Å². The van der Waals surface area contributed by atoms with Crippen molar-refractivity contribution >= 4 is 21.6 Å². The number of benzene rings is 1. The van der Waals surface area contributed by atoms with E-state index in [1.165, 1.54) is 18.2 Å². The fourth-order valence-corrected chi connectivity index (χ4v) is 6.33. The van der Waals surface area contributed by atoms with Crippen LogP contribution in [0.3, 0.4) is 0 Å². The molecule has 116 valence electrons. The van der Waals surface area contributed by atoms with Crippen LogP contribution < -0.4 is 0 Å². The molecule has 2 fully saturated rings. The van der Waals surface area contributed by atoms with Crippen molar-refractivity contribution in [1.29, 1.82) is 0 Å². The Kier molecular flexibility index (Phi) is 4.30. The maximum atomic E-state index is 13.9. The number of hydrogen-bond donors (Lipinski definition) is 0. The van der Waals surface area contributed by atoms with Gasteiger partial charge in [0.15, 0.2) is 9.84 Å². The van der Waals surface area contributed by atoms with Crippen molar-refractivity contribution in [3.8, 4) is 0 Å². The molecule has 2 saturated heterocycles. The molecule has 1 aromatic carbocycles. The Morgan fingerprint density at radius 2 is 1.95 bits per heavy atom. The molecule has 3 nitrogen and oxygen atoms in total. The number of rotatable bonds is 2. The second-order valence-corrected chi connectivity index (χ2v) is 9.16. The Bertz CT molecular complexity index is 604. The molecule has 0 radical (unpaired) electrons. The van der Waals surface area contributed by atoms with E-state index < -0.39 is 20.9 Å². The molecular formula is C15H19FO3S2. The van der Waals surface area contributed by atoms with Crippen molar-refractivity contribution < 1.29 is 17.5 Å². The van der Waals surface area contributed by atoms with Gasteiger partial charge in [-0.25, -0.2) is 12.8 Å². The van der Waals surface area contributed by atoms with Gasteiger partial charge in [-0.05, 0) is 49.3 Å². The van der Waals surface area contributed by atoms with E-state index in [2.05, 4.69) is 0 Å². The van der Waals surface area contributed by atoms with Gasteiger partial charge >= 0.3 is 0 Å². The molecule has 1 unspecified atom stereocenters. The average Bonchev–Trinajstić information content (AvgIpc) is 2.48. The number of ether oxygens (including phenoxy) is 1. The van der Waals surface area contributed by atoms with E-state index in [4.69, 9.17) is 4.74 Å². The molecule has 1 spiro atoms. The van der Waals surface area contributed by atoms with Crippen LogP contribution in [0.25, 0.3) is 0 Å². The van der Waals surface area contributed by atoms with E-state index in [0.29, 0.717) is 19.4 Å². The Morgan fingerprint density at radius 3 is 2.67 bits per heavy atom. The lowest BCUT2D eigenvalue weighted by molar-refractivity contribution is -0.0813. The van der Waals surface area contributed by atoms with Gasteiger partial charge in [0.1, 0.15) is 10.7 Å². The quantitative estimate of drug-likeness (QED) is 0.836. The fraction of sp³-hybridized carbons (Fsp3) is 0.600. The molecular weight excluding hydrogens is 311 g/mol. The van der Waals surface area contributed by atoms with Crippen LogP contribution in [0.15, 0.2) is 29.2 Å². The summed E-state index contributed by atoms with van der Waals surface area (Å²) in [6, 6.07) is 5.66. The largest absolute Gasteiger partial charge is 0.375 e. The summed E-state index contributed by atoms with van der Waals surface area (Å²) in [5.74, 6) is 1.36. The monoisotopic (exact) mass is 330 g/mol. The maximum absolute atomic E-state index is 13.9. The minimum atomic E-state index is -3.63. The smallest absolute Gasteiger partial charge is 0.184 e. The zero-order valence-electron chi connectivity index (χ0n) is 11.8. The molecule has 3 rings (SSSR count). The molecule has 1 atom stereocenters. The Morgan fingerprint density at radius 1 is 1.24 bits per heavy atom. The Hall–Kier alpha value is -0.590. The van der Waals surface area contributed by atoms with Gasteiger partial charge in [-0.2, -0.15) is 11.8 Å². The molecule has 0 N–H and O–H groups in total. The third kappa shape index (κ3) is 2.98. The van der Waals surface area contributed by atoms with Gasteiger partial charge in [-0.3, -0.25) is 0 Å². The van der Waals surface area contributed by atoms with Gasteiger partial charge in [0.2, 0.25) is 0 Å². The zero-order valence-corrected chi connectivity index (χ0v) is 13.4. The van der Waals surface area contributed by atoms with Crippen molar-refractivity contribution in [1.82, 2.24) is 0 Å². The Balaban J connectivity index is 1.87. The second kappa shape index (κ2) is 5.89. The molecule has 21 heavy (non-hydrogen) atoms. The summed E-state index contributed by atoms with van der Waals surface area (Å²) in [5, 5.41) is -0.536. The van der Waals surface area contributed by atoms with E-state index in [0.717, 1.165) is 24.3 Å². The van der Waals surface area contributed by atoms with Crippen molar-refractivity contribution in [2.24, 2.45) is 0 Å². The number of hydrogen-bond acceptors (Lipinski definition) is 4. The predicted molar refractivity (Wildman–Crippen MR) is 81.8 cm³/mol. The maximum Gasteiger partial charge on any atom is 0.184 e. The van der Waals surface area contributed by atoms with Crippen LogP contribution in [-0.2, 0) is 14.6 Å². The average molecular weight is 330 g/mol. The molecule has 6 heteroatoms. The highest BCUT2D eigenvalue weighted by molar-refractivity contribution is 7.99. The van der Waals surface area contributed by atoms with Gasteiger partial charge in [0, 0.05) is 6.61 Å². The summed E-state index contributed by atoms with van der Waals surface area (Å²) < 4.78 is 45.3. The topological polar surface area (TPSA) is 43.4 Å². The number of thioether (sulfide) groups is 1. The van der Waals surface area contributed by atoms with Crippen LogP contribution in [0.4, 0.5) is 4.39 Å². The minimum absolute atomic E-state index is 0.169. The standard InChI is InChI=1S/C15H19FO3S2/c16-13-3-1-2-4-14(13)21(17,18)12-5-8-19-15(11-12)6-9-20-10-7-15/h1-4,12H,5-11H2. The molecule has 1 aromatic rings. The summed E-state index contributed by atoms with van der Waals surface area (Å²) in [4.78, 5) is -0.169. The van der Waals surface area contributed by atoms with E-state index in [1.807, 2.05) is 11.8 Å². The first-order chi connectivity index (χ1) is 10.0. The van der Waals surface area contributed by atoms with Crippen molar-refractivity contribution in [3.05, 3.63) is 30.1 Å². The van der Waals surface area contributed by atoms with Crippen LogP contribution in [0, 0.1) is 5.82 Å². The van der Waals surface area contributed by atoms with Gasteiger partial charge < -0.3 is 4.74 Å². The van der Waals surface area contributed by atoms with E-state index in [1.54, 1.807) is 6.07 Å². The number of sulfone groups is 1. The van der Waals surface area contributed by atoms with Crippen molar-refractivity contribution in [3.63, 3.8) is 0 Å². The van der Waals surface area contributed by atoms with Gasteiger partial charge in [0.25, 0.3) is 0 Å². The minimum Gasteiger partial charge on any atom is -0.375 e. The molecule has 2 heterocycles. The highest BCUT2D eigenvalue weighted by Gasteiger charge is 2.43. The summed E-state index contributed by atoms with van der Waals surface area (Å²) >= 11 is 1.88. The van der Waals surface area contributed by atoms with Crippen molar-refractivity contribution in [2.75, 3.05) is 18.1 Å². The molecule has 2 aliphatic rings. The highest BCUT2D eigenvalue weighted by atomic mass is 32.2. The second-order valence-electron chi connectivity index (χ2n) is 5.73. The van der Waals surface area contributed by atoms with Gasteiger partial charge in [-0.1, -0.05) is 12.1 Å². The van der Waals surface area contributed by atoms with Crippen LogP contribution in [0.1, 0.15) is 25.7 Å². The molecule has 2 aliphatic heterocycles. The fourth-order valence-electron chi connectivity index (χ4n) is 3.19. The summed E-state index contributed by atoms with van der Waals surface area (Å²) in [7, 11) is -3.63. The zero-order chi connectivity index (χ0) is 14.9. The predicted octanol–water partition coefficient (Wildman–Crippen LogP) is 3.04. The molecule has 0 amide bonds. The molecule has 0 bridgehead atoms. The molecule has 0 saturated carbocycles.